The maximum atomic E-state index is 12.1. The second kappa shape index (κ2) is 8.76. The molecule has 2 rings (SSSR count). The van der Waals surface area contributed by atoms with Crippen molar-refractivity contribution < 1.29 is 9.90 Å². The first kappa shape index (κ1) is 16.8. The summed E-state index contributed by atoms with van der Waals surface area (Å²) in [4.78, 5) is 16.1. The number of aryl methyl sites for hydroxylation is 1. The van der Waals surface area contributed by atoms with Crippen molar-refractivity contribution in [3.63, 3.8) is 0 Å². The van der Waals surface area contributed by atoms with Gasteiger partial charge in [0.15, 0.2) is 0 Å². The molecule has 0 saturated carbocycles. The van der Waals surface area contributed by atoms with Crippen molar-refractivity contribution in [2.45, 2.75) is 25.9 Å². The van der Waals surface area contributed by atoms with Crippen molar-refractivity contribution in [3.05, 3.63) is 35.9 Å². The fourth-order valence-electron chi connectivity index (χ4n) is 2.75. The highest BCUT2D eigenvalue weighted by molar-refractivity contribution is 5.74. The van der Waals surface area contributed by atoms with E-state index in [1.807, 2.05) is 23.1 Å². The largest absolute Gasteiger partial charge is 0.392 e. The summed E-state index contributed by atoms with van der Waals surface area (Å²) in [6.45, 7) is 6.33. The van der Waals surface area contributed by atoms with E-state index in [0.29, 0.717) is 13.1 Å². The fourth-order valence-corrected chi connectivity index (χ4v) is 2.75. The normalized spacial score (nSPS) is 17.3. The molecule has 2 amide bonds. The number of benzene rings is 1. The molecule has 2 N–H and O–H groups in total. The number of carbonyl (C=O) groups is 1. The number of aliphatic hydroxyl groups excluding tert-OH is 1. The van der Waals surface area contributed by atoms with Crippen LogP contribution in [0, 0.1) is 0 Å². The van der Waals surface area contributed by atoms with E-state index in [2.05, 4.69) is 22.3 Å². The summed E-state index contributed by atoms with van der Waals surface area (Å²) in [6, 6.07) is 10.4. The summed E-state index contributed by atoms with van der Waals surface area (Å²) in [5.41, 5.74) is 1.31. The summed E-state index contributed by atoms with van der Waals surface area (Å²) in [7, 11) is 0. The van der Waals surface area contributed by atoms with Crippen LogP contribution < -0.4 is 5.32 Å². The Morgan fingerprint density at radius 3 is 2.55 bits per heavy atom. The van der Waals surface area contributed by atoms with Gasteiger partial charge in [0.2, 0.25) is 0 Å². The molecule has 0 aromatic heterocycles. The minimum absolute atomic E-state index is 0.0322. The summed E-state index contributed by atoms with van der Waals surface area (Å²) in [6.07, 6.45) is 1.64. The first-order chi connectivity index (χ1) is 10.6. The molecule has 0 aliphatic carbocycles. The first-order valence-corrected chi connectivity index (χ1v) is 8.12. The number of hydrogen-bond acceptors (Lipinski definition) is 3. The van der Waals surface area contributed by atoms with Gasteiger partial charge >= 0.3 is 6.03 Å². The predicted octanol–water partition coefficient (Wildman–Crippen LogP) is 1.33. The van der Waals surface area contributed by atoms with Crippen LogP contribution in [0.15, 0.2) is 30.3 Å². The predicted molar refractivity (Wildman–Crippen MR) is 87.9 cm³/mol. The number of urea groups is 1. The molecule has 1 atom stereocenters. The van der Waals surface area contributed by atoms with Crippen LogP contribution in [-0.4, -0.2) is 66.3 Å². The van der Waals surface area contributed by atoms with Crippen LogP contribution >= 0.6 is 0 Å². The van der Waals surface area contributed by atoms with Gasteiger partial charge in [-0.05, 0) is 25.3 Å². The molecule has 5 nitrogen and oxygen atoms in total. The van der Waals surface area contributed by atoms with Gasteiger partial charge in [0, 0.05) is 39.3 Å². The van der Waals surface area contributed by atoms with Crippen molar-refractivity contribution >= 4 is 6.03 Å². The number of amides is 2. The van der Waals surface area contributed by atoms with Gasteiger partial charge in [-0.15, -0.1) is 0 Å². The van der Waals surface area contributed by atoms with Crippen LogP contribution in [-0.2, 0) is 6.42 Å². The van der Waals surface area contributed by atoms with Gasteiger partial charge in [-0.2, -0.15) is 0 Å². The lowest BCUT2D eigenvalue weighted by Gasteiger charge is -2.35. The lowest BCUT2D eigenvalue weighted by molar-refractivity contribution is 0.0898. The van der Waals surface area contributed by atoms with Crippen LogP contribution in [0.1, 0.15) is 18.9 Å². The SMILES string of the molecule is CC(O)CN1CCN(C(=O)NCCCc2ccccc2)CC1. The molecule has 1 aromatic carbocycles. The van der Waals surface area contributed by atoms with Crippen LogP contribution in [0.4, 0.5) is 4.79 Å². The Morgan fingerprint density at radius 2 is 1.91 bits per heavy atom. The van der Waals surface area contributed by atoms with Gasteiger partial charge in [-0.25, -0.2) is 4.79 Å². The average Bonchev–Trinajstić information content (AvgIpc) is 2.52. The number of hydrogen-bond donors (Lipinski definition) is 2. The molecular weight excluding hydrogens is 278 g/mol. The minimum Gasteiger partial charge on any atom is -0.392 e. The van der Waals surface area contributed by atoms with Gasteiger partial charge in [-0.3, -0.25) is 4.90 Å². The van der Waals surface area contributed by atoms with Gasteiger partial charge in [0.05, 0.1) is 6.10 Å². The van der Waals surface area contributed by atoms with Crippen LogP contribution in [0.3, 0.4) is 0 Å². The molecule has 1 aliphatic heterocycles. The topological polar surface area (TPSA) is 55.8 Å². The van der Waals surface area contributed by atoms with Gasteiger partial charge in [-0.1, -0.05) is 30.3 Å². The van der Waals surface area contributed by atoms with E-state index in [0.717, 1.165) is 39.0 Å². The number of carbonyl (C=O) groups excluding carboxylic acids is 1. The molecule has 122 valence electrons. The monoisotopic (exact) mass is 305 g/mol. The lowest BCUT2D eigenvalue weighted by atomic mass is 10.1. The quantitative estimate of drug-likeness (QED) is 0.780. The van der Waals surface area contributed by atoms with Gasteiger partial charge in [0.1, 0.15) is 0 Å². The molecule has 0 spiro atoms. The van der Waals surface area contributed by atoms with E-state index >= 15 is 0 Å². The minimum atomic E-state index is -0.307. The van der Waals surface area contributed by atoms with E-state index in [-0.39, 0.29) is 12.1 Å². The fraction of sp³-hybridized carbons (Fsp3) is 0.588. The Hall–Kier alpha value is -1.59. The zero-order valence-corrected chi connectivity index (χ0v) is 13.4. The first-order valence-electron chi connectivity index (χ1n) is 8.12. The Morgan fingerprint density at radius 1 is 1.23 bits per heavy atom. The number of nitrogens with one attached hydrogen (secondary N) is 1. The molecule has 1 fully saturated rings. The van der Waals surface area contributed by atoms with Gasteiger partial charge in [0.25, 0.3) is 0 Å². The Bertz CT molecular complexity index is 442. The molecule has 22 heavy (non-hydrogen) atoms. The molecule has 5 heteroatoms. The Kier molecular flexibility index (Phi) is 6.68. The zero-order valence-electron chi connectivity index (χ0n) is 13.4. The molecule has 1 unspecified atom stereocenters. The second-order valence-electron chi connectivity index (χ2n) is 5.96. The maximum absolute atomic E-state index is 12.1. The molecular formula is C17H27N3O2. The van der Waals surface area contributed by atoms with Crippen molar-refractivity contribution in [1.29, 1.82) is 0 Å². The Labute approximate surface area is 132 Å². The third-order valence-corrected chi connectivity index (χ3v) is 3.94. The molecule has 0 bridgehead atoms. The Balaban J connectivity index is 1.60. The van der Waals surface area contributed by atoms with Crippen LogP contribution in [0.2, 0.25) is 0 Å². The summed E-state index contributed by atoms with van der Waals surface area (Å²) < 4.78 is 0. The molecule has 1 aromatic rings. The van der Waals surface area contributed by atoms with Crippen molar-refractivity contribution in [1.82, 2.24) is 15.1 Å². The molecule has 1 aliphatic rings. The summed E-state index contributed by atoms with van der Waals surface area (Å²) in [5.74, 6) is 0. The molecule has 0 radical (unpaired) electrons. The van der Waals surface area contributed by atoms with E-state index in [4.69, 9.17) is 0 Å². The summed E-state index contributed by atoms with van der Waals surface area (Å²) in [5, 5.41) is 12.4. The highest BCUT2D eigenvalue weighted by Crippen LogP contribution is 2.04. The highest BCUT2D eigenvalue weighted by atomic mass is 16.3. The van der Waals surface area contributed by atoms with Crippen molar-refractivity contribution in [2.75, 3.05) is 39.3 Å². The average molecular weight is 305 g/mol. The third-order valence-electron chi connectivity index (χ3n) is 3.94. The van der Waals surface area contributed by atoms with Crippen LogP contribution in [0.5, 0.6) is 0 Å². The number of nitrogens with zero attached hydrogens (tertiary/aromatic N) is 2. The van der Waals surface area contributed by atoms with E-state index in [9.17, 15) is 9.90 Å². The van der Waals surface area contributed by atoms with Crippen molar-refractivity contribution in [3.8, 4) is 0 Å². The highest BCUT2D eigenvalue weighted by Gasteiger charge is 2.21. The van der Waals surface area contributed by atoms with E-state index in [1.54, 1.807) is 6.92 Å². The zero-order chi connectivity index (χ0) is 15.8. The van der Waals surface area contributed by atoms with Gasteiger partial charge < -0.3 is 15.3 Å². The number of rotatable bonds is 6. The third kappa shape index (κ3) is 5.66. The second-order valence-corrected chi connectivity index (χ2v) is 5.96. The van der Waals surface area contributed by atoms with E-state index in [1.165, 1.54) is 5.56 Å². The standard InChI is InChI=1S/C17H27N3O2/c1-15(21)14-19-10-12-20(13-11-19)17(22)18-9-5-8-16-6-3-2-4-7-16/h2-4,6-7,15,21H,5,8-14H2,1H3,(H,18,22). The summed E-state index contributed by atoms with van der Waals surface area (Å²) >= 11 is 0. The molecule has 1 heterocycles. The number of β-amino-alcohol motifs (C(OH)–C–C–N with tert-alkyl or cyclic N) is 1. The maximum Gasteiger partial charge on any atom is 0.317 e. The van der Waals surface area contributed by atoms with Crippen LogP contribution in [0.25, 0.3) is 0 Å². The van der Waals surface area contributed by atoms with E-state index < -0.39 is 0 Å². The lowest BCUT2D eigenvalue weighted by Crippen LogP contribution is -2.52. The molecule has 1 saturated heterocycles. The number of aliphatic hydroxyl groups is 1. The van der Waals surface area contributed by atoms with Crippen molar-refractivity contribution in [2.24, 2.45) is 0 Å². The smallest absolute Gasteiger partial charge is 0.317 e. The number of piperazine rings is 1.